The Kier molecular flexibility index (Phi) is 5.77. The predicted octanol–water partition coefficient (Wildman–Crippen LogP) is 1.78. The number of carbonyl (C=O) groups is 1. The number of aryl methyl sites for hydroxylation is 2. The van der Waals surface area contributed by atoms with Crippen LogP contribution >= 0.6 is 11.8 Å². The molecule has 19 heavy (non-hydrogen) atoms. The molecule has 0 aromatic carbocycles. The highest BCUT2D eigenvalue weighted by Crippen LogP contribution is 2.16. The van der Waals surface area contributed by atoms with Gasteiger partial charge >= 0.3 is 0 Å². The van der Waals surface area contributed by atoms with Gasteiger partial charge in [-0.25, -0.2) is 9.97 Å². The molecule has 0 fully saturated rings. The van der Waals surface area contributed by atoms with Crippen molar-refractivity contribution >= 4 is 17.7 Å². The van der Waals surface area contributed by atoms with E-state index in [9.17, 15) is 4.79 Å². The minimum Gasteiger partial charge on any atom is -0.341 e. The topological polar surface area (TPSA) is 78.7 Å². The summed E-state index contributed by atoms with van der Waals surface area (Å²) in [6.45, 7) is 5.52. The number of carbonyl (C=O) groups excluding carboxylic acids is 1. The maximum Gasteiger partial charge on any atom is 0.221 e. The highest BCUT2D eigenvalue weighted by molar-refractivity contribution is 7.98. The first-order chi connectivity index (χ1) is 8.97. The molecule has 1 atom stereocenters. The van der Waals surface area contributed by atoms with Crippen molar-refractivity contribution in [1.29, 1.82) is 5.26 Å². The van der Waals surface area contributed by atoms with Crippen LogP contribution in [0.15, 0.2) is 5.16 Å². The van der Waals surface area contributed by atoms with E-state index in [1.807, 2.05) is 26.2 Å². The summed E-state index contributed by atoms with van der Waals surface area (Å²) in [6.07, 6.45) is 2.87. The van der Waals surface area contributed by atoms with Crippen LogP contribution in [0, 0.1) is 25.2 Å². The van der Waals surface area contributed by atoms with E-state index in [-0.39, 0.29) is 5.91 Å². The van der Waals surface area contributed by atoms with E-state index in [0.29, 0.717) is 12.8 Å². The first kappa shape index (κ1) is 15.4. The van der Waals surface area contributed by atoms with Gasteiger partial charge in [-0.1, -0.05) is 11.8 Å². The average molecular weight is 278 g/mol. The van der Waals surface area contributed by atoms with Crippen LogP contribution in [0.3, 0.4) is 0 Å². The Balaban J connectivity index is 2.68. The van der Waals surface area contributed by atoms with Crippen molar-refractivity contribution in [2.75, 3.05) is 6.26 Å². The fourth-order valence-corrected chi connectivity index (χ4v) is 2.20. The highest BCUT2D eigenvalue weighted by atomic mass is 32.2. The van der Waals surface area contributed by atoms with Crippen molar-refractivity contribution < 1.29 is 4.79 Å². The third-order valence-electron chi connectivity index (χ3n) is 2.76. The number of hydrogen-bond acceptors (Lipinski definition) is 5. The monoisotopic (exact) mass is 278 g/mol. The molecule has 0 unspecified atom stereocenters. The van der Waals surface area contributed by atoms with Crippen LogP contribution in [0.4, 0.5) is 0 Å². The second-order valence-corrected chi connectivity index (χ2v) is 5.05. The number of amides is 1. The Bertz CT molecular complexity index is 487. The lowest BCUT2D eigenvalue weighted by Gasteiger charge is -2.10. The minimum atomic E-state index is -0.454. The van der Waals surface area contributed by atoms with Gasteiger partial charge in [-0.05, 0) is 39.0 Å². The van der Waals surface area contributed by atoms with Gasteiger partial charge in [0.25, 0.3) is 0 Å². The zero-order valence-electron chi connectivity index (χ0n) is 11.6. The molecule has 0 aliphatic carbocycles. The quantitative estimate of drug-likeness (QED) is 0.656. The van der Waals surface area contributed by atoms with E-state index < -0.39 is 6.04 Å². The van der Waals surface area contributed by atoms with Gasteiger partial charge in [0.1, 0.15) is 6.04 Å². The lowest BCUT2D eigenvalue weighted by atomic mass is 10.1. The highest BCUT2D eigenvalue weighted by Gasteiger charge is 2.11. The molecule has 5 nitrogen and oxygen atoms in total. The van der Waals surface area contributed by atoms with Crippen molar-refractivity contribution in [3.8, 4) is 6.07 Å². The normalized spacial score (nSPS) is 11.7. The van der Waals surface area contributed by atoms with Gasteiger partial charge in [0.2, 0.25) is 5.91 Å². The van der Waals surface area contributed by atoms with Crippen LogP contribution in [0.1, 0.15) is 30.3 Å². The van der Waals surface area contributed by atoms with E-state index in [1.165, 1.54) is 11.8 Å². The minimum absolute atomic E-state index is 0.123. The third-order valence-corrected chi connectivity index (χ3v) is 3.30. The molecule has 1 rings (SSSR count). The van der Waals surface area contributed by atoms with Gasteiger partial charge in [-0.2, -0.15) is 5.26 Å². The number of hydrogen-bond donors (Lipinski definition) is 1. The maximum atomic E-state index is 11.6. The summed E-state index contributed by atoms with van der Waals surface area (Å²) in [6, 6.07) is 1.52. The van der Waals surface area contributed by atoms with E-state index >= 15 is 0 Å². The van der Waals surface area contributed by atoms with Crippen LogP contribution in [0.2, 0.25) is 0 Å². The second-order valence-electron chi connectivity index (χ2n) is 4.28. The van der Waals surface area contributed by atoms with Crippen molar-refractivity contribution in [2.45, 2.75) is 44.8 Å². The molecule has 1 aromatic rings. The number of thioether (sulfide) groups is 1. The number of rotatable bonds is 5. The summed E-state index contributed by atoms with van der Waals surface area (Å²) in [5, 5.41) is 12.0. The molecule has 1 N–H and O–H groups in total. The molecule has 0 radical (unpaired) electrons. The second kappa shape index (κ2) is 7.10. The molecule has 0 aliphatic rings. The first-order valence-electron chi connectivity index (χ1n) is 6.05. The van der Waals surface area contributed by atoms with Crippen LogP contribution < -0.4 is 5.32 Å². The van der Waals surface area contributed by atoms with Gasteiger partial charge in [0.15, 0.2) is 5.16 Å². The Morgan fingerprint density at radius 3 is 2.47 bits per heavy atom. The predicted molar refractivity (Wildman–Crippen MR) is 74.8 cm³/mol. The molecular formula is C13H18N4OS. The zero-order valence-corrected chi connectivity index (χ0v) is 12.5. The summed E-state index contributed by atoms with van der Waals surface area (Å²) in [5.74, 6) is -0.123. The van der Waals surface area contributed by atoms with Crippen LogP contribution in [-0.4, -0.2) is 28.2 Å². The van der Waals surface area contributed by atoms with Gasteiger partial charge < -0.3 is 5.32 Å². The lowest BCUT2D eigenvalue weighted by molar-refractivity contribution is -0.121. The summed E-state index contributed by atoms with van der Waals surface area (Å²) in [4.78, 5) is 20.4. The molecule has 1 aromatic heterocycles. The summed E-state index contributed by atoms with van der Waals surface area (Å²) < 4.78 is 0. The molecule has 6 heteroatoms. The fourth-order valence-electron chi connectivity index (χ4n) is 1.75. The molecule has 102 valence electrons. The summed E-state index contributed by atoms with van der Waals surface area (Å²) in [5.41, 5.74) is 2.84. The molecule has 0 bridgehead atoms. The van der Waals surface area contributed by atoms with Gasteiger partial charge in [-0.3, -0.25) is 4.79 Å². The van der Waals surface area contributed by atoms with E-state index in [2.05, 4.69) is 15.3 Å². The van der Waals surface area contributed by atoms with E-state index in [4.69, 9.17) is 5.26 Å². The Labute approximate surface area is 117 Å². The Morgan fingerprint density at radius 2 is 2.00 bits per heavy atom. The lowest BCUT2D eigenvalue weighted by Crippen LogP contribution is -2.31. The van der Waals surface area contributed by atoms with E-state index in [0.717, 1.165) is 22.1 Å². The van der Waals surface area contributed by atoms with Crippen molar-refractivity contribution in [2.24, 2.45) is 0 Å². The number of nitriles is 1. The summed E-state index contributed by atoms with van der Waals surface area (Å²) >= 11 is 1.50. The molecule has 0 spiro atoms. The van der Waals surface area contributed by atoms with Crippen LogP contribution in [-0.2, 0) is 11.2 Å². The van der Waals surface area contributed by atoms with Crippen molar-refractivity contribution in [3.05, 3.63) is 17.0 Å². The van der Waals surface area contributed by atoms with Crippen molar-refractivity contribution in [3.63, 3.8) is 0 Å². The van der Waals surface area contributed by atoms with Gasteiger partial charge in [0, 0.05) is 17.8 Å². The molecule has 1 amide bonds. The Hall–Kier alpha value is -1.61. The number of nitrogens with one attached hydrogen (secondary N) is 1. The molecule has 0 aliphatic heterocycles. The zero-order chi connectivity index (χ0) is 14.4. The largest absolute Gasteiger partial charge is 0.341 e. The smallest absolute Gasteiger partial charge is 0.221 e. The molecule has 0 saturated heterocycles. The van der Waals surface area contributed by atoms with Crippen LogP contribution in [0.25, 0.3) is 0 Å². The SMILES string of the molecule is CSc1nc(C)c(CCC(=O)N[C@H](C)C#N)c(C)n1. The summed E-state index contributed by atoms with van der Waals surface area (Å²) in [7, 11) is 0. The maximum absolute atomic E-state index is 11.6. The average Bonchev–Trinajstić information content (AvgIpc) is 2.37. The van der Waals surface area contributed by atoms with Gasteiger partial charge in [-0.15, -0.1) is 0 Å². The number of nitrogens with zero attached hydrogens (tertiary/aromatic N) is 3. The molecule has 1 heterocycles. The molecular weight excluding hydrogens is 260 g/mol. The standard InChI is InChI=1S/C13H18N4OS/c1-8(7-14)15-12(18)6-5-11-9(2)16-13(19-4)17-10(11)3/h8H,5-6H2,1-4H3,(H,15,18)/t8-/m1/s1. The Morgan fingerprint density at radius 1 is 1.42 bits per heavy atom. The van der Waals surface area contributed by atoms with E-state index in [1.54, 1.807) is 6.92 Å². The van der Waals surface area contributed by atoms with Gasteiger partial charge in [0.05, 0.1) is 6.07 Å². The number of aromatic nitrogens is 2. The third kappa shape index (κ3) is 4.52. The fraction of sp³-hybridized carbons (Fsp3) is 0.538. The molecule has 0 saturated carbocycles. The first-order valence-corrected chi connectivity index (χ1v) is 7.27. The van der Waals surface area contributed by atoms with Crippen molar-refractivity contribution in [1.82, 2.24) is 15.3 Å². The van der Waals surface area contributed by atoms with Crippen LogP contribution in [0.5, 0.6) is 0 Å².